The van der Waals surface area contributed by atoms with Crippen LogP contribution in [0.4, 0.5) is 0 Å². The number of hydrogen-bond acceptors (Lipinski definition) is 2. The van der Waals surface area contributed by atoms with Gasteiger partial charge in [0.1, 0.15) is 12.1 Å². The number of benzene rings is 1. The number of carbonyl (C=O) groups excluding carboxylic acids is 2. The lowest BCUT2D eigenvalue weighted by molar-refractivity contribution is -0.160. The molecule has 0 saturated carbocycles. The third kappa shape index (κ3) is 2.59. The van der Waals surface area contributed by atoms with Gasteiger partial charge in [-0.2, -0.15) is 0 Å². The Morgan fingerprint density at radius 2 is 2.10 bits per heavy atom. The van der Waals surface area contributed by atoms with E-state index in [0.717, 1.165) is 29.4 Å². The van der Waals surface area contributed by atoms with Gasteiger partial charge in [0.05, 0.1) is 0 Å². The lowest BCUT2D eigenvalue weighted by atomic mass is 10.0. The summed E-state index contributed by atoms with van der Waals surface area (Å²) in [6.45, 7) is 3.21. The molecule has 5 heteroatoms. The molecule has 0 aliphatic carbocycles. The Hall–Kier alpha value is -1.36. The smallest absolute Gasteiger partial charge is 0.246 e. The van der Waals surface area contributed by atoms with E-state index in [9.17, 15) is 9.59 Å². The number of halogens is 1. The summed E-state index contributed by atoms with van der Waals surface area (Å²) in [6.07, 6.45) is 2.40. The lowest BCUT2D eigenvalue weighted by Gasteiger charge is -2.42. The molecule has 3 rings (SSSR count). The summed E-state index contributed by atoms with van der Waals surface area (Å²) in [6, 6.07) is 7.38. The number of amides is 2. The number of piperazine rings is 1. The number of rotatable bonds is 3. The Bertz CT molecular complexity index is 575. The van der Waals surface area contributed by atoms with Crippen molar-refractivity contribution < 1.29 is 9.59 Å². The van der Waals surface area contributed by atoms with Crippen molar-refractivity contribution in [3.05, 3.63) is 34.3 Å². The standard InChI is InChI=1S/C16H19BrN2O2/c1-2-13-15(20)18-8-4-7-14(18)16(21)19(13)10-11-5-3-6-12(17)9-11/h3,5-6,9,13-14H,2,4,7-8,10H2,1H3. The van der Waals surface area contributed by atoms with E-state index >= 15 is 0 Å². The topological polar surface area (TPSA) is 40.6 Å². The Balaban J connectivity index is 1.87. The van der Waals surface area contributed by atoms with Crippen molar-refractivity contribution in [1.29, 1.82) is 0 Å². The highest BCUT2D eigenvalue weighted by atomic mass is 79.9. The fraction of sp³-hybridized carbons (Fsp3) is 0.500. The lowest BCUT2D eigenvalue weighted by Crippen LogP contribution is -2.62. The molecular weight excluding hydrogens is 332 g/mol. The molecule has 2 heterocycles. The van der Waals surface area contributed by atoms with E-state index in [1.54, 1.807) is 9.80 Å². The number of carbonyl (C=O) groups is 2. The van der Waals surface area contributed by atoms with Crippen molar-refractivity contribution in [2.24, 2.45) is 0 Å². The van der Waals surface area contributed by atoms with Crippen molar-refractivity contribution in [3.63, 3.8) is 0 Å². The first-order valence-corrected chi connectivity index (χ1v) is 8.26. The molecule has 1 aromatic rings. The Morgan fingerprint density at radius 3 is 2.81 bits per heavy atom. The molecule has 2 aliphatic rings. The first-order chi connectivity index (χ1) is 10.1. The van der Waals surface area contributed by atoms with Crippen LogP contribution in [0.2, 0.25) is 0 Å². The fourth-order valence-corrected chi connectivity index (χ4v) is 3.82. The van der Waals surface area contributed by atoms with Gasteiger partial charge in [0, 0.05) is 17.6 Å². The summed E-state index contributed by atoms with van der Waals surface area (Å²) < 4.78 is 0.992. The first-order valence-electron chi connectivity index (χ1n) is 7.47. The minimum absolute atomic E-state index is 0.110. The summed E-state index contributed by atoms with van der Waals surface area (Å²) in [5, 5.41) is 0. The van der Waals surface area contributed by atoms with Crippen LogP contribution in [0.5, 0.6) is 0 Å². The van der Waals surface area contributed by atoms with Crippen LogP contribution >= 0.6 is 15.9 Å². The molecule has 0 bridgehead atoms. The quantitative estimate of drug-likeness (QED) is 0.840. The second kappa shape index (κ2) is 5.79. The Kier molecular flexibility index (Phi) is 4.02. The van der Waals surface area contributed by atoms with Gasteiger partial charge >= 0.3 is 0 Å². The maximum atomic E-state index is 12.7. The van der Waals surface area contributed by atoms with Gasteiger partial charge in [-0.05, 0) is 37.0 Å². The average molecular weight is 351 g/mol. The summed E-state index contributed by atoms with van der Waals surface area (Å²) in [5.41, 5.74) is 1.05. The normalized spacial score (nSPS) is 25.4. The van der Waals surface area contributed by atoms with Crippen molar-refractivity contribution >= 4 is 27.7 Å². The van der Waals surface area contributed by atoms with Crippen LogP contribution in [0.3, 0.4) is 0 Å². The predicted octanol–water partition coefficient (Wildman–Crippen LogP) is 2.56. The molecule has 0 N–H and O–H groups in total. The van der Waals surface area contributed by atoms with Crippen LogP contribution in [0.25, 0.3) is 0 Å². The molecule has 0 radical (unpaired) electrons. The molecule has 0 spiro atoms. The average Bonchev–Trinajstić information content (AvgIpc) is 2.95. The van der Waals surface area contributed by atoms with E-state index in [2.05, 4.69) is 15.9 Å². The van der Waals surface area contributed by atoms with Crippen LogP contribution in [-0.4, -0.2) is 40.2 Å². The van der Waals surface area contributed by atoms with E-state index < -0.39 is 0 Å². The third-order valence-corrected chi connectivity index (χ3v) is 4.89. The van der Waals surface area contributed by atoms with Crippen LogP contribution in [-0.2, 0) is 16.1 Å². The molecule has 0 aromatic heterocycles. The van der Waals surface area contributed by atoms with Gasteiger partial charge < -0.3 is 9.80 Å². The number of hydrogen-bond donors (Lipinski definition) is 0. The highest BCUT2D eigenvalue weighted by Crippen LogP contribution is 2.29. The van der Waals surface area contributed by atoms with E-state index in [0.29, 0.717) is 13.0 Å². The van der Waals surface area contributed by atoms with Gasteiger partial charge in [-0.25, -0.2) is 0 Å². The summed E-state index contributed by atoms with van der Waals surface area (Å²) in [4.78, 5) is 28.9. The second-order valence-corrected chi connectivity index (χ2v) is 6.63. The van der Waals surface area contributed by atoms with Gasteiger partial charge in [-0.1, -0.05) is 35.0 Å². The molecule has 1 aromatic carbocycles. The summed E-state index contributed by atoms with van der Waals surface area (Å²) in [5.74, 6) is 0.230. The molecule has 2 amide bonds. The SMILES string of the molecule is CCC1C(=O)N2CCCC2C(=O)N1Cc1cccc(Br)c1. The maximum Gasteiger partial charge on any atom is 0.246 e. The molecule has 2 saturated heterocycles. The molecule has 2 aliphatic heterocycles. The fourth-order valence-electron chi connectivity index (χ4n) is 3.37. The molecule has 4 nitrogen and oxygen atoms in total. The first kappa shape index (κ1) is 14.6. The zero-order chi connectivity index (χ0) is 15.0. The third-order valence-electron chi connectivity index (χ3n) is 4.39. The van der Waals surface area contributed by atoms with Crippen LogP contribution in [0, 0.1) is 0 Å². The van der Waals surface area contributed by atoms with Gasteiger partial charge in [0.25, 0.3) is 0 Å². The molecular formula is C16H19BrN2O2. The molecule has 2 unspecified atom stereocenters. The largest absolute Gasteiger partial charge is 0.329 e. The molecule has 2 fully saturated rings. The predicted molar refractivity (Wildman–Crippen MR) is 83.5 cm³/mol. The van der Waals surface area contributed by atoms with Crippen molar-refractivity contribution in [2.45, 2.75) is 44.8 Å². The zero-order valence-electron chi connectivity index (χ0n) is 12.1. The Labute approximate surface area is 133 Å². The van der Waals surface area contributed by atoms with E-state index in [-0.39, 0.29) is 23.9 Å². The van der Waals surface area contributed by atoms with Crippen molar-refractivity contribution in [1.82, 2.24) is 9.80 Å². The monoisotopic (exact) mass is 350 g/mol. The van der Waals surface area contributed by atoms with Gasteiger partial charge in [-0.3, -0.25) is 9.59 Å². The van der Waals surface area contributed by atoms with Crippen LogP contribution in [0.1, 0.15) is 31.7 Å². The highest BCUT2D eigenvalue weighted by Gasteiger charge is 2.46. The van der Waals surface area contributed by atoms with E-state index in [1.807, 2.05) is 31.2 Å². The van der Waals surface area contributed by atoms with Gasteiger partial charge in [0.2, 0.25) is 11.8 Å². The molecule has 2 atom stereocenters. The number of nitrogens with zero attached hydrogens (tertiary/aromatic N) is 2. The maximum absolute atomic E-state index is 12.7. The van der Waals surface area contributed by atoms with E-state index in [4.69, 9.17) is 0 Å². The van der Waals surface area contributed by atoms with Crippen molar-refractivity contribution in [3.8, 4) is 0 Å². The minimum Gasteiger partial charge on any atom is -0.329 e. The Morgan fingerprint density at radius 1 is 1.29 bits per heavy atom. The summed E-state index contributed by atoms with van der Waals surface area (Å²) in [7, 11) is 0. The second-order valence-electron chi connectivity index (χ2n) is 5.71. The number of fused-ring (bicyclic) bond motifs is 1. The van der Waals surface area contributed by atoms with Crippen molar-refractivity contribution in [2.75, 3.05) is 6.54 Å². The zero-order valence-corrected chi connectivity index (χ0v) is 13.7. The van der Waals surface area contributed by atoms with Crippen LogP contribution in [0.15, 0.2) is 28.7 Å². The van der Waals surface area contributed by atoms with Gasteiger partial charge in [-0.15, -0.1) is 0 Å². The summed E-state index contributed by atoms with van der Waals surface area (Å²) >= 11 is 3.45. The van der Waals surface area contributed by atoms with Gasteiger partial charge in [0.15, 0.2) is 0 Å². The van der Waals surface area contributed by atoms with E-state index in [1.165, 1.54) is 0 Å². The molecule has 112 valence electrons. The minimum atomic E-state index is -0.314. The molecule has 21 heavy (non-hydrogen) atoms. The highest BCUT2D eigenvalue weighted by molar-refractivity contribution is 9.10. The van der Waals surface area contributed by atoms with Crippen LogP contribution < -0.4 is 0 Å².